The molecule has 1 aliphatic heterocycles. The van der Waals surface area contributed by atoms with Crippen molar-refractivity contribution in [1.82, 2.24) is 20.2 Å². The SMILES string of the molecule is CC1(C)C(=O)NC(=O)N1CCNc1ncc(Br)c(-c2cc3cc(OCCCl)ccc3s2)n1. The Balaban J connectivity index is 1.49. The van der Waals surface area contributed by atoms with Gasteiger partial charge in [0.25, 0.3) is 5.91 Å². The summed E-state index contributed by atoms with van der Waals surface area (Å²) in [6, 6.07) is 7.61. The molecule has 8 nitrogen and oxygen atoms in total. The number of carbonyl (C=O) groups excluding carboxylic acids is 2. The molecule has 0 bridgehead atoms. The molecule has 1 aliphatic rings. The molecule has 0 spiro atoms. The van der Waals surface area contributed by atoms with Crippen molar-refractivity contribution in [2.45, 2.75) is 19.4 Å². The molecular weight excluding hydrogens is 518 g/mol. The van der Waals surface area contributed by atoms with Crippen LogP contribution in [-0.2, 0) is 4.79 Å². The maximum Gasteiger partial charge on any atom is 0.325 e. The summed E-state index contributed by atoms with van der Waals surface area (Å²) < 4.78 is 7.50. The van der Waals surface area contributed by atoms with Gasteiger partial charge in [-0.25, -0.2) is 14.8 Å². The molecule has 0 radical (unpaired) electrons. The molecular formula is C21H21BrClN5O3S. The number of ether oxygens (including phenoxy) is 1. The van der Waals surface area contributed by atoms with E-state index in [1.54, 1.807) is 31.4 Å². The zero-order valence-corrected chi connectivity index (χ0v) is 20.6. The summed E-state index contributed by atoms with van der Waals surface area (Å²) in [6.45, 7) is 4.64. The summed E-state index contributed by atoms with van der Waals surface area (Å²) in [4.78, 5) is 35.4. The van der Waals surface area contributed by atoms with Crippen molar-refractivity contribution in [1.29, 1.82) is 0 Å². The second kappa shape index (κ2) is 9.21. The van der Waals surface area contributed by atoms with Gasteiger partial charge in [-0.3, -0.25) is 10.1 Å². The lowest BCUT2D eigenvalue weighted by molar-refractivity contribution is -0.125. The van der Waals surface area contributed by atoms with Crippen molar-refractivity contribution in [3.8, 4) is 16.3 Å². The molecule has 1 fully saturated rings. The third-order valence-electron chi connectivity index (χ3n) is 5.13. The first-order valence-corrected chi connectivity index (χ1v) is 12.1. The lowest BCUT2D eigenvalue weighted by Gasteiger charge is -2.27. The lowest BCUT2D eigenvalue weighted by atomic mass is 10.0. The first kappa shape index (κ1) is 22.8. The smallest absolute Gasteiger partial charge is 0.325 e. The molecule has 3 heterocycles. The zero-order valence-electron chi connectivity index (χ0n) is 17.4. The van der Waals surface area contributed by atoms with Crippen LogP contribution in [0.1, 0.15) is 13.8 Å². The summed E-state index contributed by atoms with van der Waals surface area (Å²) in [5.41, 5.74) is -0.116. The fourth-order valence-corrected chi connectivity index (χ4v) is 5.02. The average Bonchev–Trinajstić information content (AvgIpc) is 3.26. The molecule has 1 aromatic carbocycles. The molecule has 0 saturated carbocycles. The number of amides is 3. The highest BCUT2D eigenvalue weighted by atomic mass is 79.9. The highest BCUT2D eigenvalue weighted by Crippen LogP contribution is 2.37. The number of imide groups is 1. The minimum absolute atomic E-state index is 0.300. The Labute approximate surface area is 202 Å². The van der Waals surface area contributed by atoms with E-state index in [0.717, 1.165) is 30.9 Å². The number of anilines is 1. The Morgan fingerprint density at radius 2 is 2.12 bits per heavy atom. The third-order valence-corrected chi connectivity index (χ3v) is 6.98. The van der Waals surface area contributed by atoms with E-state index < -0.39 is 5.54 Å². The van der Waals surface area contributed by atoms with Crippen molar-refractivity contribution in [2.75, 3.05) is 30.9 Å². The lowest BCUT2D eigenvalue weighted by Crippen LogP contribution is -2.46. The van der Waals surface area contributed by atoms with Crippen LogP contribution in [0.25, 0.3) is 20.7 Å². The minimum atomic E-state index is -0.881. The van der Waals surface area contributed by atoms with Crippen LogP contribution in [-0.4, -0.2) is 57.9 Å². The minimum Gasteiger partial charge on any atom is -0.492 e. The van der Waals surface area contributed by atoms with E-state index in [-0.39, 0.29) is 11.9 Å². The number of hydrogen-bond donors (Lipinski definition) is 2. The van der Waals surface area contributed by atoms with Gasteiger partial charge in [0, 0.05) is 24.0 Å². The van der Waals surface area contributed by atoms with Gasteiger partial charge in [-0.2, -0.15) is 0 Å². The van der Waals surface area contributed by atoms with E-state index in [0.29, 0.717) is 31.5 Å². The van der Waals surface area contributed by atoms with Crippen LogP contribution >= 0.6 is 38.9 Å². The van der Waals surface area contributed by atoms with E-state index in [1.807, 2.05) is 18.2 Å². The summed E-state index contributed by atoms with van der Waals surface area (Å²) in [7, 11) is 0. The zero-order chi connectivity index (χ0) is 22.9. The number of carbonyl (C=O) groups is 2. The standard InChI is InChI=1S/C21H21BrClN5O3S/c1-21(2)18(29)27-20(30)28(21)7-6-24-19-25-11-14(22)17(26-19)16-10-12-9-13(31-8-5-23)3-4-15(12)32-16/h3-4,9-11H,5-8H2,1-2H3,(H,24,25,26)(H,27,29,30). The van der Waals surface area contributed by atoms with Gasteiger partial charge in [0.05, 0.1) is 15.2 Å². The number of nitrogens with one attached hydrogen (secondary N) is 2. The number of alkyl halides is 1. The quantitative estimate of drug-likeness (QED) is 0.324. The monoisotopic (exact) mass is 537 g/mol. The van der Waals surface area contributed by atoms with Crippen LogP contribution in [0.4, 0.5) is 10.7 Å². The number of fused-ring (bicyclic) bond motifs is 1. The molecule has 32 heavy (non-hydrogen) atoms. The van der Waals surface area contributed by atoms with E-state index in [4.69, 9.17) is 16.3 Å². The summed E-state index contributed by atoms with van der Waals surface area (Å²) in [6.07, 6.45) is 1.69. The van der Waals surface area contributed by atoms with Crippen LogP contribution in [0.2, 0.25) is 0 Å². The van der Waals surface area contributed by atoms with E-state index in [9.17, 15) is 9.59 Å². The van der Waals surface area contributed by atoms with Crippen LogP contribution in [0, 0.1) is 0 Å². The maximum absolute atomic E-state index is 12.0. The first-order chi connectivity index (χ1) is 15.3. The molecule has 168 valence electrons. The van der Waals surface area contributed by atoms with Gasteiger partial charge in [0.2, 0.25) is 5.95 Å². The molecule has 2 aromatic heterocycles. The predicted molar refractivity (Wildman–Crippen MR) is 130 cm³/mol. The van der Waals surface area contributed by atoms with Crippen LogP contribution in [0.15, 0.2) is 34.9 Å². The number of hydrogen-bond acceptors (Lipinski definition) is 7. The Hall–Kier alpha value is -2.43. The number of halogens is 2. The highest BCUT2D eigenvalue weighted by molar-refractivity contribution is 9.10. The Kier molecular flexibility index (Phi) is 6.55. The van der Waals surface area contributed by atoms with Gasteiger partial charge >= 0.3 is 6.03 Å². The van der Waals surface area contributed by atoms with Gasteiger partial charge in [0.1, 0.15) is 23.6 Å². The molecule has 3 aromatic rings. The Bertz CT molecular complexity index is 1190. The maximum atomic E-state index is 12.0. The largest absolute Gasteiger partial charge is 0.492 e. The van der Waals surface area contributed by atoms with Gasteiger partial charge in [-0.15, -0.1) is 22.9 Å². The normalized spacial score (nSPS) is 15.3. The number of benzene rings is 1. The fraction of sp³-hybridized carbons (Fsp3) is 0.333. The summed E-state index contributed by atoms with van der Waals surface area (Å²) in [5.74, 6) is 1.35. The molecule has 0 atom stereocenters. The number of aromatic nitrogens is 2. The number of rotatable bonds is 8. The van der Waals surface area contributed by atoms with Crippen molar-refractivity contribution in [2.24, 2.45) is 0 Å². The third kappa shape index (κ3) is 4.53. The van der Waals surface area contributed by atoms with Crippen LogP contribution < -0.4 is 15.4 Å². The molecule has 3 amide bonds. The second-order valence-electron chi connectivity index (χ2n) is 7.63. The molecule has 4 rings (SSSR count). The molecule has 0 unspecified atom stereocenters. The molecule has 1 saturated heterocycles. The molecule has 0 aliphatic carbocycles. The number of urea groups is 1. The predicted octanol–water partition coefficient (Wildman–Crippen LogP) is 4.48. The highest BCUT2D eigenvalue weighted by Gasteiger charge is 2.45. The summed E-state index contributed by atoms with van der Waals surface area (Å²) in [5, 5.41) is 6.54. The van der Waals surface area contributed by atoms with Crippen LogP contribution in [0.5, 0.6) is 5.75 Å². The van der Waals surface area contributed by atoms with Crippen LogP contribution in [0.3, 0.4) is 0 Å². The van der Waals surface area contributed by atoms with Crippen molar-refractivity contribution < 1.29 is 14.3 Å². The van der Waals surface area contributed by atoms with Crippen molar-refractivity contribution in [3.63, 3.8) is 0 Å². The summed E-state index contributed by atoms with van der Waals surface area (Å²) >= 11 is 10.9. The van der Waals surface area contributed by atoms with Crippen molar-refractivity contribution in [3.05, 3.63) is 34.9 Å². The van der Waals surface area contributed by atoms with E-state index in [2.05, 4.69) is 42.6 Å². The molecule has 11 heteroatoms. The Morgan fingerprint density at radius 1 is 1.31 bits per heavy atom. The Morgan fingerprint density at radius 3 is 2.84 bits per heavy atom. The van der Waals surface area contributed by atoms with E-state index in [1.165, 1.54) is 4.90 Å². The van der Waals surface area contributed by atoms with Gasteiger partial charge in [0.15, 0.2) is 0 Å². The molecule has 2 N–H and O–H groups in total. The number of thiophene rings is 1. The topological polar surface area (TPSA) is 96.5 Å². The van der Waals surface area contributed by atoms with E-state index >= 15 is 0 Å². The second-order valence-corrected chi connectivity index (χ2v) is 9.95. The van der Waals surface area contributed by atoms with Gasteiger partial charge in [-0.05, 0) is 59.4 Å². The van der Waals surface area contributed by atoms with Gasteiger partial charge in [-0.1, -0.05) is 0 Å². The number of nitrogens with zero attached hydrogens (tertiary/aromatic N) is 3. The van der Waals surface area contributed by atoms with Gasteiger partial charge < -0.3 is 15.0 Å². The average molecular weight is 539 g/mol. The fourth-order valence-electron chi connectivity index (χ4n) is 3.36. The first-order valence-electron chi connectivity index (χ1n) is 9.92. The van der Waals surface area contributed by atoms with Crippen molar-refractivity contribution >= 4 is 66.8 Å².